The van der Waals surface area contributed by atoms with Crippen LogP contribution in [-0.4, -0.2) is 48.8 Å². The van der Waals surface area contributed by atoms with E-state index in [9.17, 15) is 0 Å². The predicted octanol–water partition coefficient (Wildman–Crippen LogP) is -0.999. The molecule has 0 atom stereocenters. The van der Waals surface area contributed by atoms with Gasteiger partial charge >= 0.3 is 51.5 Å². The van der Waals surface area contributed by atoms with E-state index in [-0.39, 0.29) is 54.3 Å². The van der Waals surface area contributed by atoms with Gasteiger partial charge in [0.05, 0.1) is 0 Å². The number of hydrogen-bond acceptors (Lipinski definition) is 1. The van der Waals surface area contributed by atoms with Gasteiger partial charge in [-0.15, -0.1) is 0 Å². The third-order valence-corrected chi connectivity index (χ3v) is 0. The second-order valence-electron chi connectivity index (χ2n) is 0. The third-order valence-electron chi connectivity index (χ3n) is 0. The van der Waals surface area contributed by atoms with Crippen molar-refractivity contribution in [2.45, 2.75) is 0 Å². The van der Waals surface area contributed by atoms with Crippen LogP contribution in [0.3, 0.4) is 0 Å². The van der Waals surface area contributed by atoms with Crippen LogP contribution in [0.4, 0.5) is 0 Å². The van der Waals surface area contributed by atoms with E-state index in [0.717, 1.165) is 0 Å². The van der Waals surface area contributed by atoms with Gasteiger partial charge in [0.1, 0.15) is 0 Å². The quantitative estimate of drug-likeness (QED) is 0.517. The van der Waals surface area contributed by atoms with Gasteiger partial charge in [0.25, 0.3) is 0 Å². The van der Waals surface area contributed by atoms with Crippen LogP contribution in [0, 0.1) is 0 Å². The van der Waals surface area contributed by atoms with Crippen LogP contribution < -0.4 is 0 Å². The molecule has 0 rings (SSSR count). The van der Waals surface area contributed by atoms with Crippen molar-refractivity contribution in [2.75, 3.05) is 0 Å². The molecule has 0 bridgehead atoms. The normalized spacial score (nSPS) is 1.00. The van der Waals surface area contributed by atoms with Gasteiger partial charge < -0.3 is 5.48 Å². The van der Waals surface area contributed by atoms with Crippen LogP contribution in [0.5, 0.6) is 0 Å². The summed E-state index contributed by atoms with van der Waals surface area (Å²) in [5.41, 5.74) is 0. The van der Waals surface area contributed by atoms with Gasteiger partial charge in [-0.25, -0.2) is 0 Å². The molecule has 0 saturated carbocycles. The molecule has 0 aromatic rings. The van der Waals surface area contributed by atoms with Crippen molar-refractivity contribution in [1.29, 1.82) is 0 Å². The van der Waals surface area contributed by atoms with Gasteiger partial charge in [-0.3, -0.25) is 0 Å². The molecule has 4 heteroatoms. The summed E-state index contributed by atoms with van der Waals surface area (Å²) in [6, 6.07) is 0. The van der Waals surface area contributed by atoms with Gasteiger partial charge in [-0.05, 0) is 0 Å². The fourth-order valence-electron chi connectivity index (χ4n) is 0. The summed E-state index contributed by atoms with van der Waals surface area (Å²) in [7, 11) is 0. The molecular weight excluding hydrogens is 264 g/mol. The molecule has 2 radical (unpaired) electrons. The average molecular weight is 264 g/mol. The van der Waals surface area contributed by atoms with Gasteiger partial charge in [0.15, 0.2) is 0 Å². The van der Waals surface area contributed by atoms with Gasteiger partial charge in [0, 0.05) is 0 Å². The van der Waals surface area contributed by atoms with E-state index in [1.807, 2.05) is 0 Å². The Kier molecular flexibility index (Phi) is 113. The average Bonchev–Trinajstić information content (AvgIpc) is 1.00. The van der Waals surface area contributed by atoms with Crippen LogP contribution in [0.25, 0.3) is 0 Å². The molecule has 0 fully saturated rings. The van der Waals surface area contributed by atoms with Gasteiger partial charge in [-0.2, -0.15) is 0 Å². The summed E-state index contributed by atoms with van der Waals surface area (Å²) in [5, 5.41) is 0. The molecule has 0 aliphatic heterocycles. The second kappa shape index (κ2) is 25.2. The Labute approximate surface area is 56.6 Å². The van der Waals surface area contributed by atoms with E-state index >= 15 is 0 Å². The van der Waals surface area contributed by atoms with E-state index in [0.29, 0.717) is 0 Å². The maximum absolute atomic E-state index is 8.39. The van der Waals surface area contributed by atoms with E-state index < -0.39 is 0 Å². The van der Waals surface area contributed by atoms with E-state index in [4.69, 9.17) is 2.69 Å². The van der Waals surface area contributed by atoms with Crippen molar-refractivity contribution in [3.8, 4) is 0 Å². The Morgan fingerprint density at radius 2 is 1.25 bits per heavy atom. The molecule has 0 unspecified atom stereocenters. The first-order valence-electron chi connectivity index (χ1n) is 0.204. The Morgan fingerprint density at radius 3 is 1.25 bits per heavy atom. The van der Waals surface area contributed by atoms with Crippen LogP contribution in [0.15, 0.2) is 0 Å². The van der Waals surface area contributed by atoms with Crippen LogP contribution >= 0.6 is 0 Å². The molecule has 0 spiro atoms. The number of hydrogen-bond donors (Lipinski definition) is 0. The summed E-state index contributed by atoms with van der Waals surface area (Å²) >= 11 is 0.0556. The fraction of sp³-hybridized carbons (Fsp3) is 0. The first-order chi connectivity index (χ1) is 1.00. The van der Waals surface area contributed by atoms with Crippen LogP contribution in [0.1, 0.15) is 0 Å². The molecule has 4 heavy (non-hydrogen) atoms. The molecule has 0 aliphatic rings. The zero-order chi connectivity index (χ0) is 2.00. The SMILES string of the molecule is [Mg+2].[O-2].[O]=[Pb]. The van der Waals surface area contributed by atoms with Crippen molar-refractivity contribution in [2.24, 2.45) is 0 Å². The Hall–Kier alpha value is 1.45. The maximum atomic E-state index is 8.39. The summed E-state index contributed by atoms with van der Waals surface area (Å²) in [4.78, 5) is 0. The fourth-order valence-corrected chi connectivity index (χ4v) is 0. The standard InChI is InChI=1S/Mg.2O.Pb/q+2;;-2;. The molecule has 18 valence electrons. The zero-order valence-electron chi connectivity index (χ0n) is 2.02. The van der Waals surface area contributed by atoms with E-state index in [1.165, 1.54) is 0 Å². The van der Waals surface area contributed by atoms with Crippen molar-refractivity contribution in [3.63, 3.8) is 0 Å². The number of rotatable bonds is 0. The van der Waals surface area contributed by atoms with Crippen molar-refractivity contribution in [3.05, 3.63) is 0 Å². The van der Waals surface area contributed by atoms with Crippen molar-refractivity contribution >= 4 is 48.8 Å². The third kappa shape index (κ3) is 9.85. The molecule has 0 amide bonds. The van der Waals surface area contributed by atoms with Gasteiger partial charge in [-0.1, -0.05) is 0 Å². The monoisotopic (exact) mass is 264 g/mol. The van der Waals surface area contributed by atoms with Gasteiger partial charge in [0.2, 0.25) is 0 Å². The van der Waals surface area contributed by atoms with E-state index in [2.05, 4.69) is 0 Å². The zero-order valence-corrected chi connectivity index (χ0v) is 7.33. The van der Waals surface area contributed by atoms with E-state index in [1.54, 1.807) is 0 Å². The molecule has 0 aliphatic carbocycles. The molecule has 0 aromatic heterocycles. The molecular formula is MgO2Pb. The van der Waals surface area contributed by atoms with Crippen molar-refractivity contribution in [1.82, 2.24) is 0 Å². The Morgan fingerprint density at radius 1 is 1.25 bits per heavy atom. The molecule has 0 N–H and O–H groups in total. The van der Waals surface area contributed by atoms with Crippen molar-refractivity contribution < 1.29 is 8.16 Å². The van der Waals surface area contributed by atoms with Crippen LogP contribution in [-0.2, 0) is 8.16 Å². The molecule has 0 aromatic carbocycles. The minimum atomic E-state index is 0. The topological polar surface area (TPSA) is 45.6 Å². The first-order valence-corrected chi connectivity index (χ1v) is 1.79. The molecule has 2 nitrogen and oxygen atoms in total. The Balaban J connectivity index is -0.00000000500. The van der Waals surface area contributed by atoms with Crippen LogP contribution in [0.2, 0.25) is 0 Å². The Bertz CT molecular complexity index is 6.00. The summed E-state index contributed by atoms with van der Waals surface area (Å²) in [5.74, 6) is 0. The minimum absolute atomic E-state index is 0. The second-order valence-corrected chi connectivity index (χ2v) is 0. The molecule has 0 saturated heterocycles. The summed E-state index contributed by atoms with van der Waals surface area (Å²) < 4.78 is 8.39. The first kappa shape index (κ1) is 18.0. The predicted molar refractivity (Wildman–Crippen MR) is 12.9 cm³/mol. The molecule has 0 heterocycles. The summed E-state index contributed by atoms with van der Waals surface area (Å²) in [6.45, 7) is 0. The summed E-state index contributed by atoms with van der Waals surface area (Å²) in [6.07, 6.45) is 0.